The molecule has 1 unspecified atom stereocenters. The van der Waals surface area contributed by atoms with Gasteiger partial charge in [0.1, 0.15) is 18.5 Å². The third-order valence-corrected chi connectivity index (χ3v) is 4.57. The Kier molecular flexibility index (Phi) is 7.65. The van der Waals surface area contributed by atoms with E-state index < -0.39 is 0 Å². The number of rotatable bonds is 10. The molecule has 0 amide bonds. The molecule has 0 heterocycles. The zero-order valence-corrected chi connectivity index (χ0v) is 16.7. The van der Waals surface area contributed by atoms with E-state index in [1.807, 2.05) is 24.3 Å². The number of nitrogens with one attached hydrogen (secondary N) is 1. The first kappa shape index (κ1) is 20.1. The van der Waals surface area contributed by atoms with Crippen molar-refractivity contribution < 1.29 is 9.47 Å². The Balaban J connectivity index is 1.46. The Bertz CT molecular complexity index is 781. The van der Waals surface area contributed by atoms with Crippen LogP contribution in [0, 0.1) is 6.92 Å². The SMILES string of the molecule is Cc1cccc(OCC(C)NCCOC(c2ccccc2)c2ccccc2)c1. The summed E-state index contributed by atoms with van der Waals surface area (Å²) in [5.41, 5.74) is 3.55. The van der Waals surface area contributed by atoms with Gasteiger partial charge in [-0.15, -0.1) is 0 Å². The minimum Gasteiger partial charge on any atom is -0.492 e. The van der Waals surface area contributed by atoms with Gasteiger partial charge < -0.3 is 14.8 Å². The number of benzene rings is 3. The molecule has 3 heteroatoms. The average molecular weight is 376 g/mol. The molecule has 0 aliphatic rings. The van der Waals surface area contributed by atoms with E-state index in [1.165, 1.54) is 16.7 Å². The van der Waals surface area contributed by atoms with Gasteiger partial charge in [-0.2, -0.15) is 0 Å². The van der Waals surface area contributed by atoms with Crippen LogP contribution in [0.25, 0.3) is 0 Å². The van der Waals surface area contributed by atoms with E-state index in [2.05, 4.69) is 79.8 Å². The predicted molar refractivity (Wildman–Crippen MR) is 115 cm³/mol. The van der Waals surface area contributed by atoms with Crippen molar-refractivity contribution >= 4 is 0 Å². The summed E-state index contributed by atoms with van der Waals surface area (Å²) in [6, 6.07) is 29.1. The molecule has 0 aromatic heterocycles. The third-order valence-electron chi connectivity index (χ3n) is 4.57. The maximum Gasteiger partial charge on any atom is 0.119 e. The van der Waals surface area contributed by atoms with Crippen molar-refractivity contribution in [2.24, 2.45) is 0 Å². The molecule has 0 fully saturated rings. The van der Waals surface area contributed by atoms with E-state index in [-0.39, 0.29) is 12.1 Å². The highest BCUT2D eigenvalue weighted by Gasteiger charge is 2.14. The van der Waals surface area contributed by atoms with Gasteiger partial charge >= 0.3 is 0 Å². The zero-order chi connectivity index (χ0) is 19.6. The zero-order valence-electron chi connectivity index (χ0n) is 16.7. The van der Waals surface area contributed by atoms with Crippen LogP contribution in [0.3, 0.4) is 0 Å². The van der Waals surface area contributed by atoms with Crippen LogP contribution in [-0.2, 0) is 4.74 Å². The van der Waals surface area contributed by atoms with Gasteiger partial charge in [0.05, 0.1) is 6.61 Å². The first-order valence-corrected chi connectivity index (χ1v) is 9.87. The Morgan fingerprint density at radius 1 is 0.821 bits per heavy atom. The first-order valence-electron chi connectivity index (χ1n) is 9.87. The smallest absolute Gasteiger partial charge is 0.119 e. The minimum absolute atomic E-state index is 0.0527. The summed E-state index contributed by atoms with van der Waals surface area (Å²) in [4.78, 5) is 0. The summed E-state index contributed by atoms with van der Waals surface area (Å²) in [6.07, 6.45) is -0.0527. The van der Waals surface area contributed by atoms with Crippen molar-refractivity contribution in [2.75, 3.05) is 19.8 Å². The molecule has 3 aromatic carbocycles. The van der Waals surface area contributed by atoms with Crippen molar-refractivity contribution in [3.63, 3.8) is 0 Å². The molecule has 3 rings (SSSR count). The van der Waals surface area contributed by atoms with E-state index in [0.717, 1.165) is 12.3 Å². The lowest BCUT2D eigenvalue weighted by atomic mass is 10.0. The molecule has 0 aliphatic carbocycles. The van der Waals surface area contributed by atoms with Gasteiger partial charge in [0.2, 0.25) is 0 Å². The lowest BCUT2D eigenvalue weighted by Crippen LogP contribution is -2.34. The molecule has 0 aliphatic heterocycles. The number of hydrogen-bond donors (Lipinski definition) is 1. The van der Waals surface area contributed by atoms with Gasteiger partial charge in [0, 0.05) is 12.6 Å². The molecule has 0 spiro atoms. The summed E-state index contributed by atoms with van der Waals surface area (Å²) in [5.74, 6) is 0.915. The fraction of sp³-hybridized carbons (Fsp3) is 0.280. The van der Waals surface area contributed by atoms with Crippen LogP contribution >= 0.6 is 0 Å². The molecule has 3 nitrogen and oxygen atoms in total. The van der Waals surface area contributed by atoms with Gasteiger partial charge in [-0.1, -0.05) is 72.8 Å². The molecule has 0 radical (unpaired) electrons. The highest BCUT2D eigenvalue weighted by molar-refractivity contribution is 5.30. The van der Waals surface area contributed by atoms with E-state index in [1.54, 1.807) is 0 Å². The fourth-order valence-corrected chi connectivity index (χ4v) is 3.11. The molecule has 1 N–H and O–H groups in total. The van der Waals surface area contributed by atoms with Crippen LogP contribution in [0.15, 0.2) is 84.9 Å². The highest BCUT2D eigenvalue weighted by atomic mass is 16.5. The third kappa shape index (κ3) is 6.22. The van der Waals surface area contributed by atoms with Crippen molar-refractivity contribution in [1.82, 2.24) is 5.32 Å². The van der Waals surface area contributed by atoms with Crippen molar-refractivity contribution in [3.8, 4) is 5.75 Å². The largest absolute Gasteiger partial charge is 0.492 e. The average Bonchev–Trinajstić information content (AvgIpc) is 2.73. The summed E-state index contributed by atoms with van der Waals surface area (Å²) in [6.45, 7) is 6.23. The standard InChI is InChI=1S/C25H29NO2/c1-20-10-9-15-24(18-20)28-19-21(2)26-16-17-27-25(22-11-5-3-6-12-22)23-13-7-4-8-14-23/h3-15,18,21,25-26H,16-17,19H2,1-2H3. The normalized spacial score (nSPS) is 12.1. The van der Waals surface area contributed by atoms with E-state index in [4.69, 9.17) is 9.47 Å². The highest BCUT2D eigenvalue weighted by Crippen LogP contribution is 2.25. The summed E-state index contributed by atoms with van der Waals surface area (Å²) in [5, 5.41) is 3.48. The summed E-state index contributed by atoms with van der Waals surface area (Å²) in [7, 11) is 0. The maximum atomic E-state index is 6.24. The lowest BCUT2D eigenvalue weighted by molar-refractivity contribution is 0.0797. The van der Waals surface area contributed by atoms with Crippen LogP contribution in [0.2, 0.25) is 0 Å². The molecule has 0 saturated carbocycles. The molecule has 146 valence electrons. The van der Waals surface area contributed by atoms with Gasteiger partial charge in [-0.05, 0) is 42.7 Å². The van der Waals surface area contributed by atoms with Crippen molar-refractivity contribution in [3.05, 3.63) is 102 Å². The molecule has 3 aromatic rings. The Morgan fingerprint density at radius 2 is 1.46 bits per heavy atom. The van der Waals surface area contributed by atoms with Crippen molar-refractivity contribution in [1.29, 1.82) is 0 Å². The Morgan fingerprint density at radius 3 is 2.07 bits per heavy atom. The quantitative estimate of drug-likeness (QED) is 0.497. The predicted octanol–water partition coefficient (Wildman–Crippen LogP) is 5.16. The topological polar surface area (TPSA) is 30.5 Å². The second-order valence-corrected chi connectivity index (χ2v) is 7.05. The van der Waals surface area contributed by atoms with Gasteiger partial charge in [-0.25, -0.2) is 0 Å². The van der Waals surface area contributed by atoms with Crippen molar-refractivity contribution in [2.45, 2.75) is 26.0 Å². The van der Waals surface area contributed by atoms with E-state index in [9.17, 15) is 0 Å². The number of hydrogen-bond acceptors (Lipinski definition) is 3. The van der Waals surface area contributed by atoms with Crippen LogP contribution in [0.1, 0.15) is 29.7 Å². The Hall–Kier alpha value is -2.62. The van der Waals surface area contributed by atoms with Gasteiger partial charge in [0.15, 0.2) is 0 Å². The van der Waals surface area contributed by atoms with Gasteiger partial charge in [0.25, 0.3) is 0 Å². The van der Waals surface area contributed by atoms with E-state index in [0.29, 0.717) is 13.2 Å². The Labute approximate surface area is 168 Å². The molecule has 0 bridgehead atoms. The van der Waals surface area contributed by atoms with Crippen LogP contribution in [-0.4, -0.2) is 25.8 Å². The second-order valence-electron chi connectivity index (χ2n) is 7.05. The summed E-state index contributed by atoms with van der Waals surface area (Å²) >= 11 is 0. The van der Waals surface area contributed by atoms with E-state index >= 15 is 0 Å². The second kappa shape index (κ2) is 10.6. The molecular formula is C25H29NO2. The monoisotopic (exact) mass is 375 g/mol. The summed E-state index contributed by atoms with van der Waals surface area (Å²) < 4.78 is 12.1. The van der Waals surface area contributed by atoms with Crippen LogP contribution in [0.4, 0.5) is 0 Å². The minimum atomic E-state index is -0.0527. The fourth-order valence-electron chi connectivity index (χ4n) is 3.11. The lowest BCUT2D eigenvalue weighted by Gasteiger charge is -2.20. The number of ether oxygens (including phenoxy) is 2. The molecule has 1 atom stereocenters. The molecular weight excluding hydrogens is 346 g/mol. The molecule has 28 heavy (non-hydrogen) atoms. The van der Waals surface area contributed by atoms with Crippen LogP contribution in [0.5, 0.6) is 5.75 Å². The first-order chi connectivity index (χ1) is 13.7. The maximum absolute atomic E-state index is 6.24. The number of aryl methyl sites for hydroxylation is 1. The van der Waals surface area contributed by atoms with Crippen LogP contribution < -0.4 is 10.1 Å². The van der Waals surface area contributed by atoms with Gasteiger partial charge in [-0.3, -0.25) is 0 Å². The molecule has 0 saturated heterocycles.